The summed E-state index contributed by atoms with van der Waals surface area (Å²) < 4.78 is 0.915. The van der Waals surface area contributed by atoms with Crippen LogP contribution in [0.4, 0.5) is 0 Å². The van der Waals surface area contributed by atoms with Gasteiger partial charge in [0.05, 0.1) is 0 Å². The smallest absolute Gasteiger partial charge is 0.0147 e. The maximum absolute atomic E-state index is 2.55. The predicted octanol–water partition coefficient (Wildman–Crippen LogP) is 3.70. The lowest BCUT2D eigenvalue weighted by atomic mass is 9.96. The minimum atomic E-state index is 0.915. The number of rotatable bonds is 2. The zero-order valence-electron chi connectivity index (χ0n) is 6.57. The molecule has 0 radical (unpaired) electrons. The van der Waals surface area contributed by atoms with Crippen molar-refractivity contribution in [2.75, 3.05) is 0 Å². The summed E-state index contributed by atoms with van der Waals surface area (Å²) in [5, 5.41) is 0. The summed E-state index contributed by atoms with van der Waals surface area (Å²) in [6.45, 7) is 2.26. The number of halogens is 1. The molecule has 1 aliphatic carbocycles. The van der Waals surface area contributed by atoms with E-state index in [1.54, 1.807) is 5.57 Å². The van der Waals surface area contributed by atoms with Crippen molar-refractivity contribution in [1.82, 2.24) is 0 Å². The van der Waals surface area contributed by atoms with Crippen LogP contribution in [-0.2, 0) is 0 Å². The molecule has 0 nitrogen and oxygen atoms in total. The largest absolute Gasteiger partial charge is 0.0843 e. The minimum absolute atomic E-state index is 0.915. The van der Waals surface area contributed by atoms with E-state index in [1.165, 1.54) is 32.1 Å². The van der Waals surface area contributed by atoms with Gasteiger partial charge in [0.15, 0.2) is 0 Å². The molecule has 0 fully saturated rings. The van der Waals surface area contributed by atoms with E-state index in [0.717, 1.165) is 3.92 Å². The van der Waals surface area contributed by atoms with Crippen LogP contribution in [0.5, 0.6) is 0 Å². The van der Waals surface area contributed by atoms with Gasteiger partial charge in [-0.3, -0.25) is 0 Å². The molecule has 58 valence electrons. The van der Waals surface area contributed by atoms with Crippen molar-refractivity contribution < 1.29 is 0 Å². The quantitative estimate of drug-likeness (QED) is 0.398. The number of hydrogen-bond donors (Lipinski definition) is 0. The van der Waals surface area contributed by atoms with Gasteiger partial charge in [0.25, 0.3) is 0 Å². The highest BCUT2D eigenvalue weighted by Gasteiger charge is 2.09. The van der Waals surface area contributed by atoms with Gasteiger partial charge in [0.1, 0.15) is 0 Å². The van der Waals surface area contributed by atoms with E-state index >= 15 is 0 Å². The standard InChI is InChI=1S/C9H15I/c1-2-3-8-4-6-9(10)7-5-8/h4,9H,2-3,5-7H2,1H3/t9-/m0/s1. The van der Waals surface area contributed by atoms with Crippen LogP contribution in [0.3, 0.4) is 0 Å². The molecule has 0 bridgehead atoms. The molecule has 1 heteroatoms. The first kappa shape index (κ1) is 8.57. The normalized spacial score (nSPS) is 26.2. The summed E-state index contributed by atoms with van der Waals surface area (Å²) in [5.41, 5.74) is 1.70. The molecule has 0 aromatic heterocycles. The molecule has 10 heavy (non-hydrogen) atoms. The van der Waals surface area contributed by atoms with Crippen molar-refractivity contribution in [3.05, 3.63) is 11.6 Å². The van der Waals surface area contributed by atoms with Crippen molar-refractivity contribution in [3.8, 4) is 0 Å². The molecule has 1 aliphatic rings. The second-order valence-electron chi connectivity index (χ2n) is 2.98. The van der Waals surface area contributed by atoms with E-state index in [4.69, 9.17) is 0 Å². The Labute approximate surface area is 77.2 Å². The predicted molar refractivity (Wildman–Crippen MR) is 54.7 cm³/mol. The Bertz CT molecular complexity index is 127. The highest BCUT2D eigenvalue weighted by Crippen LogP contribution is 2.26. The topological polar surface area (TPSA) is 0 Å². The van der Waals surface area contributed by atoms with E-state index in [1.807, 2.05) is 0 Å². The van der Waals surface area contributed by atoms with Gasteiger partial charge in [-0.2, -0.15) is 0 Å². The average molecular weight is 250 g/mol. The molecule has 1 rings (SSSR count). The third kappa shape index (κ3) is 2.60. The van der Waals surface area contributed by atoms with Crippen molar-refractivity contribution in [1.29, 1.82) is 0 Å². The van der Waals surface area contributed by atoms with Crippen LogP contribution in [0.15, 0.2) is 11.6 Å². The van der Waals surface area contributed by atoms with Crippen LogP contribution in [0.1, 0.15) is 39.0 Å². The molecule has 0 unspecified atom stereocenters. The van der Waals surface area contributed by atoms with E-state index in [-0.39, 0.29) is 0 Å². The maximum atomic E-state index is 2.55. The van der Waals surface area contributed by atoms with Gasteiger partial charge in [0.2, 0.25) is 0 Å². The summed E-state index contributed by atoms with van der Waals surface area (Å²) >= 11 is 2.55. The van der Waals surface area contributed by atoms with Crippen LogP contribution in [0.2, 0.25) is 0 Å². The molecule has 0 aromatic rings. The monoisotopic (exact) mass is 250 g/mol. The van der Waals surface area contributed by atoms with Crippen LogP contribution >= 0.6 is 22.6 Å². The average Bonchev–Trinajstić information content (AvgIpc) is 1.95. The van der Waals surface area contributed by atoms with Crippen molar-refractivity contribution in [2.24, 2.45) is 0 Å². The Kier molecular flexibility index (Phi) is 3.74. The Balaban J connectivity index is 2.33. The van der Waals surface area contributed by atoms with Gasteiger partial charge >= 0.3 is 0 Å². The zero-order chi connectivity index (χ0) is 7.40. The van der Waals surface area contributed by atoms with Gasteiger partial charge in [-0.25, -0.2) is 0 Å². The lowest BCUT2D eigenvalue weighted by Gasteiger charge is -2.16. The van der Waals surface area contributed by atoms with Crippen LogP contribution in [0, 0.1) is 0 Å². The molecule has 0 saturated carbocycles. The molecule has 0 aliphatic heterocycles. The molecule has 0 saturated heterocycles. The summed E-state index contributed by atoms with van der Waals surface area (Å²) in [4.78, 5) is 0. The maximum Gasteiger partial charge on any atom is 0.0147 e. The Morgan fingerprint density at radius 2 is 2.50 bits per heavy atom. The van der Waals surface area contributed by atoms with Gasteiger partial charge in [-0.05, 0) is 25.7 Å². The van der Waals surface area contributed by atoms with E-state index < -0.39 is 0 Å². The van der Waals surface area contributed by atoms with E-state index in [2.05, 4.69) is 35.6 Å². The zero-order valence-corrected chi connectivity index (χ0v) is 8.73. The molecule has 1 atom stereocenters. The summed E-state index contributed by atoms with van der Waals surface area (Å²) in [7, 11) is 0. The first-order valence-electron chi connectivity index (χ1n) is 4.15. The molecule has 0 spiro atoms. The molecule has 0 N–H and O–H groups in total. The van der Waals surface area contributed by atoms with Crippen LogP contribution in [0.25, 0.3) is 0 Å². The van der Waals surface area contributed by atoms with Crippen molar-refractivity contribution in [2.45, 2.75) is 43.0 Å². The summed E-state index contributed by atoms with van der Waals surface area (Å²) in [5.74, 6) is 0. The summed E-state index contributed by atoms with van der Waals surface area (Å²) in [6.07, 6.45) is 9.19. The van der Waals surface area contributed by atoms with Gasteiger partial charge in [-0.15, -0.1) is 0 Å². The summed E-state index contributed by atoms with van der Waals surface area (Å²) in [6, 6.07) is 0. The van der Waals surface area contributed by atoms with Gasteiger partial charge in [-0.1, -0.05) is 47.6 Å². The first-order chi connectivity index (χ1) is 4.83. The Hall–Kier alpha value is 0.470. The first-order valence-corrected chi connectivity index (χ1v) is 5.39. The van der Waals surface area contributed by atoms with Gasteiger partial charge in [0, 0.05) is 3.92 Å². The molecular formula is C9H15I. The van der Waals surface area contributed by atoms with Gasteiger partial charge < -0.3 is 0 Å². The number of allylic oxidation sites excluding steroid dienone is 2. The second kappa shape index (κ2) is 4.37. The SMILES string of the molecule is CCCC1=CC[C@H](I)CC1. The van der Waals surface area contributed by atoms with Crippen LogP contribution in [-0.4, -0.2) is 3.92 Å². The van der Waals surface area contributed by atoms with Crippen molar-refractivity contribution in [3.63, 3.8) is 0 Å². The third-order valence-corrected chi connectivity index (χ3v) is 3.14. The second-order valence-corrected chi connectivity index (χ2v) is 4.75. The molecule has 0 aromatic carbocycles. The molecular weight excluding hydrogens is 235 g/mol. The molecule has 0 amide bonds. The van der Waals surface area contributed by atoms with E-state index in [0.29, 0.717) is 0 Å². The Morgan fingerprint density at radius 3 is 3.00 bits per heavy atom. The number of alkyl halides is 1. The Morgan fingerprint density at radius 1 is 1.70 bits per heavy atom. The highest BCUT2D eigenvalue weighted by molar-refractivity contribution is 14.1. The van der Waals surface area contributed by atoms with Crippen LogP contribution < -0.4 is 0 Å². The third-order valence-electron chi connectivity index (χ3n) is 2.01. The van der Waals surface area contributed by atoms with E-state index in [9.17, 15) is 0 Å². The van der Waals surface area contributed by atoms with Crippen molar-refractivity contribution >= 4 is 22.6 Å². The molecule has 0 heterocycles. The fraction of sp³-hybridized carbons (Fsp3) is 0.778. The highest BCUT2D eigenvalue weighted by atomic mass is 127. The fourth-order valence-electron chi connectivity index (χ4n) is 1.40. The number of hydrogen-bond acceptors (Lipinski definition) is 0. The minimum Gasteiger partial charge on any atom is -0.0843 e. The lowest BCUT2D eigenvalue weighted by molar-refractivity contribution is 0.698. The fourth-order valence-corrected chi connectivity index (χ4v) is 1.97. The lowest BCUT2D eigenvalue weighted by Crippen LogP contribution is -2.03.